The van der Waals surface area contributed by atoms with E-state index in [0.29, 0.717) is 15.5 Å². The van der Waals surface area contributed by atoms with Crippen molar-refractivity contribution in [2.24, 2.45) is 5.73 Å². The third-order valence-corrected chi connectivity index (χ3v) is 3.42. The molecule has 0 aromatic heterocycles. The fourth-order valence-corrected chi connectivity index (χ4v) is 2.42. The molecule has 2 aromatic rings. The molecule has 0 heterocycles. The lowest BCUT2D eigenvalue weighted by Gasteiger charge is -2.07. The molecule has 0 saturated heterocycles. The molecule has 3 N–H and O–H groups in total. The summed E-state index contributed by atoms with van der Waals surface area (Å²) in [6, 6.07) is 16.4. The highest BCUT2D eigenvalue weighted by molar-refractivity contribution is 8.14. The number of rotatable bonds is 3. The number of primary amides is 1. The van der Waals surface area contributed by atoms with E-state index in [2.05, 4.69) is 0 Å². The van der Waals surface area contributed by atoms with E-state index in [-0.39, 0.29) is 0 Å². The fraction of sp³-hybridized carbons (Fsp3) is 0. The Bertz CT molecular complexity index is 581. The van der Waals surface area contributed by atoms with Gasteiger partial charge in [-0.3, -0.25) is 10.2 Å². The van der Waals surface area contributed by atoms with Crippen molar-refractivity contribution in [1.29, 1.82) is 5.41 Å². The average molecular weight is 256 g/mol. The summed E-state index contributed by atoms with van der Waals surface area (Å²) < 4.78 is 0. The van der Waals surface area contributed by atoms with Crippen LogP contribution in [0, 0.1) is 5.41 Å². The standard InChI is InChI=1S/C14H12N2OS/c15-13(17)11-8-4-5-9-12(11)18-14(16)10-6-2-1-3-7-10/h1-9,16H,(H2,15,17). The van der Waals surface area contributed by atoms with Crippen LogP contribution in [0.1, 0.15) is 15.9 Å². The minimum Gasteiger partial charge on any atom is -0.366 e. The zero-order valence-corrected chi connectivity index (χ0v) is 10.4. The lowest BCUT2D eigenvalue weighted by atomic mass is 10.2. The molecule has 0 fully saturated rings. The molecule has 0 aliphatic heterocycles. The largest absolute Gasteiger partial charge is 0.366 e. The number of carbonyl (C=O) groups excluding carboxylic acids is 1. The van der Waals surface area contributed by atoms with Gasteiger partial charge in [0.15, 0.2) is 0 Å². The molecule has 0 aliphatic rings. The zero-order chi connectivity index (χ0) is 13.0. The zero-order valence-electron chi connectivity index (χ0n) is 9.59. The highest BCUT2D eigenvalue weighted by Crippen LogP contribution is 2.25. The summed E-state index contributed by atoms with van der Waals surface area (Å²) in [6.45, 7) is 0. The van der Waals surface area contributed by atoms with E-state index in [9.17, 15) is 4.79 Å². The third-order valence-electron chi connectivity index (χ3n) is 2.40. The first-order valence-corrected chi connectivity index (χ1v) is 6.21. The van der Waals surface area contributed by atoms with Gasteiger partial charge in [0.1, 0.15) is 0 Å². The first-order chi connectivity index (χ1) is 8.68. The minimum atomic E-state index is -0.473. The van der Waals surface area contributed by atoms with Crippen molar-refractivity contribution in [2.45, 2.75) is 4.90 Å². The summed E-state index contributed by atoms with van der Waals surface area (Å²) in [5.41, 5.74) is 6.57. The molecule has 90 valence electrons. The minimum absolute atomic E-state index is 0.393. The Labute approximate surface area is 110 Å². The van der Waals surface area contributed by atoms with Gasteiger partial charge in [0.25, 0.3) is 0 Å². The fourth-order valence-electron chi connectivity index (χ4n) is 1.52. The van der Waals surface area contributed by atoms with Gasteiger partial charge < -0.3 is 5.73 Å². The van der Waals surface area contributed by atoms with Crippen LogP contribution in [0.5, 0.6) is 0 Å². The van der Waals surface area contributed by atoms with Gasteiger partial charge in [0.05, 0.1) is 10.6 Å². The van der Waals surface area contributed by atoms with Gasteiger partial charge >= 0.3 is 0 Å². The van der Waals surface area contributed by atoms with Crippen molar-refractivity contribution >= 4 is 22.7 Å². The summed E-state index contributed by atoms with van der Waals surface area (Å²) >= 11 is 1.23. The summed E-state index contributed by atoms with van der Waals surface area (Å²) in [7, 11) is 0. The van der Waals surface area contributed by atoms with Crippen molar-refractivity contribution in [2.75, 3.05) is 0 Å². The van der Waals surface area contributed by atoms with Crippen molar-refractivity contribution < 1.29 is 4.79 Å². The molecule has 2 rings (SSSR count). The Kier molecular flexibility index (Phi) is 3.79. The first-order valence-electron chi connectivity index (χ1n) is 5.39. The van der Waals surface area contributed by atoms with Crippen LogP contribution in [0.2, 0.25) is 0 Å². The van der Waals surface area contributed by atoms with E-state index in [1.807, 2.05) is 36.4 Å². The molecular weight excluding hydrogens is 244 g/mol. The molecular formula is C14H12N2OS. The first kappa shape index (κ1) is 12.4. The maximum absolute atomic E-state index is 11.3. The molecule has 0 radical (unpaired) electrons. The Morgan fingerprint density at radius 3 is 2.28 bits per heavy atom. The van der Waals surface area contributed by atoms with Gasteiger partial charge in [-0.2, -0.15) is 0 Å². The van der Waals surface area contributed by atoms with Crippen LogP contribution < -0.4 is 5.73 Å². The van der Waals surface area contributed by atoms with E-state index in [1.54, 1.807) is 18.2 Å². The number of hydrogen-bond acceptors (Lipinski definition) is 3. The van der Waals surface area contributed by atoms with Crippen LogP contribution in [0.3, 0.4) is 0 Å². The van der Waals surface area contributed by atoms with Crippen molar-refractivity contribution in [3.63, 3.8) is 0 Å². The second-order valence-electron chi connectivity index (χ2n) is 3.66. The van der Waals surface area contributed by atoms with E-state index in [0.717, 1.165) is 5.56 Å². The molecule has 2 aromatic carbocycles. The van der Waals surface area contributed by atoms with E-state index >= 15 is 0 Å². The van der Waals surface area contributed by atoms with Gasteiger partial charge in [-0.15, -0.1) is 0 Å². The van der Waals surface area contributed by atoms with Crippen LogP contribution in [-0.4, -0.2) is 11.0 Å². The SMILES string of the molecule is N=C(Sc1ccccc1C(N)=O)c1ccccc1. The predicted molar refractivity (Wildman–Crippen MR) is 74.1 cm³/mol. The number of thioether (sulfide) groups is 1. The summed E-state index contributed by atoms with van der Waals surface area (Å²) in [6.07, 6.45) is 0. The quantitative estimate of drug-likeness (QED) is 0.503. The number of carbonyl (C=O) groups is 1. The molecule has 4 heteroatoms. The molecule has 0 bridgehead atoms. The molecule has 18 heavy (non-hydrogen) atoms. The van der Waals surface area contributed by atoms with Gasteiger partial charge in [-0.05, 0) is 12.1 Å². The second-order valence-corrected chi connectivity index (χ2v) is 4.71. The molecule has 3 nitrogen and oxygen atoms in total. The maximum atomic E-state index is 11.3. The van der Waals surface area contributed by atoms with Gasteiger partial charge in [-0.1, -0.05) is 54.2 Å². The van der Waals surface area contributed by atoms with Crippen molar-refractivity contribution in [3.8, 4) is 0 Å². The van der Waals surface area contributed by atoms with E-state index < -0.39 is 5.91 Å². The van der Waals surface area contributed by atoms with Gasteiger partial charge in [0.2, 0.25) is 5.91 Å². The topological polar surface area (TPSA) is 66.9 Å². The van der Waals surface area contributed by atoms with Crippen LogP contribution >= 0.6 is 11.8 Å². The molecule has 0 unspecified atom stereocenters. The molecule has 0 saturated carbocycles. The number of nitrogens with one attached hydrogen (secondary N) is 1. The molecule has 1 amide bonds. The maximum Gasteiger partial charge on any atom is 0.249 e. The van der Waals surface area contributed by atoms with Crippen LogP contribution in [0.4, 0.5) is 0 Å². The van der Waals surface area contributed by atoms with Crippen LogP contribution in [-0.2, 0) is 0 Å². The van der Waals surface area contributed by atoms with Gasteiger partial charge in [-0.25, -0.2) is 0 Å². The Morgan fingerprint density at radius 1 is 1.00 bits per heavy atom. The Balaban J connectivity index is 2.25. The monoisotopic (exact) mass is 256 g/mol. The molecule has 0 spiro atoms. The lowest BCUT2D eigenvalue weighted by molar-refractivity contribution is 0.0997. The van der Waals surface area contributed by atoms with Crippen molar-refractivity contribution in [1.82, 2.24) is 0 Å². The normalized spacial score (nSPS) is 10.0. The summed E-state index contributed by atoms with van der Waals surface area (Å²) in [4.78, 5) is 12.0. The summed E-state index contributed by atoms with van der Waals surface area (Å²) in [5.74, 6) is -0.473. The van der Waals surface area contributed by atoms with E-state index in [1.165, 1.54) is 11.8 Å². The second kappa shape index (κ2) is 5.51. The highest BCUT2D eigenvalue weighted by Gasteiger charge is 2.10. The Hall–Kier alpha value is -2.07. The van der Waals surface area contributed by atoms with Crippen molar-refractivity contribution in [3.05, 3.63) is 65.7 Å². The summed E-state index contributed by atoms with van der Waals surface area (Å²) in [5, 5.41) is 8.41. The number of amides is 1. The molecule has 0 atom stereocenters. The molecule has 0 aliphatic carbocycles. The number of nitrogens with two attached hydrogens (primary N) is 1. The number of benzene rings is 2. The Morgan fingerprint density at radius 2 is 1.61 bits per heavy atom. The predicted octanol–water partition coefficient (Wildman–Crippen LogP) is 2.90. The van der Waals surface area contributed by atoms with Crippen LogP contribution in [0.25, 0.3) is 0 Å². The third kappa shape index (κ3) is 2.78. The van der Waals surface area contributed by atoms with Crippen LogP contribution in [0.15, 0.2) is 59.5 Å². The highest BCUT2D eigenvalue weighted by atomic mass is 32.2. The number of hydrogen-bond donors (Lipinski definition) is 2. The van der Waals surface area contributed by atoms with Gasteiger partial charge in [0, 0.05) is 10.5 Å². The smallest absolute Gasteiger partial charge is 0.249 e. The van der Waals surface area contributed by atoms with E-state index in [4.69, 9.17) is 11.1 Å². The average Bonchev–Trinajstić information content (AvgIpc) is 2.40. The lowest BCUT2D eigenvalue weighted by Crippen LogP contribution is -2.12.